The normalized spacial score (nSPS) is 12.6. The van der Waals surface area contributed by atoms with Crippen molar-refractivity contribution in [3.8, 4) is 0 Å². The average molecular weight is 489 g/mol. The number of aromatic nitrogens is 3. The van der Waals surface area contributed by atoms with Crippen LogP contribution in [-0.2, 0) is 10.8 Å². The van der Waals surface area contributed by atoms with Crippen LogP contribution in [0.3, 0.4) is 0 Å². The first-order valence-electron chi connectivity index (χ1n) is 11.6. The van der Waals surface area contributed by atoms with Crippen molar-refractivity contribution < 1.29 is 4.21 Å². The summed E-state index contributed by atoms with van der Waals surface area (Å²) >= 11 is 6.10. The molecule has 2 aromatic heterocycles. The summed E-state index contributed by atoms with van der Waals surface area (Å²) in [6, 6.07) is 7.27. The summed E-state index contributed by atoms with van der Waals surface area (Å²) in [5, 5.41) is 4.09. The Morgan fingerprint density at radius 3 is 2.55 bits per heavy atom. The van der Waals surface area contributed by atoms with Crippen molar-refractivity contribution >= 4 is 45.1 Å². The van der Waals surface area contributed by atoms with Gasteiger partial charge in [0.25, 0.3) is 5.56 Å². The Hall–Kier alpha value is -2.25. The third-order valence-electron chi connectivity index (χ3n) is 6.05. The average Bonchev–Trinajstić information content (AvgIpc) is 2.78. The van der Waals surface area contributed by atoms with Crippen LogP contribution >= 0.6 is 11.6 Å². The SMILES string of the molecule is CCC(CC)CCCS(=O)c1ccc(Nc2ncc3cc(Cl)c(=O)n(C(C)C)c3n2)c(C)c1. The monoisotopic (exact) mass is 488 g/mol. The smallest absolute Gasteiger partial charge is 0.271 e. The van der Waals surface area contributed by atoms with E-state index < -0.39 is 10.8 Å². The van der Waals surface area contributed by atoms with Crippen molar-refractivity contribution in [3.05, 3.63) is 51.4 Å². The Morgan fingerprint density at radius 2 is 1.91 bits per heavy atom. The van der Waals surface area contributed by atoms with Gasteiger partial charge in [-0.15, -0.1) is 0 Å². The van der Waals surface area contributed by atoms with Gasteiger partial charge in [0.15, 0.2) is 0 Å². The molecule has 0 amide bonds. The van der Waals surface area contributed by atoms with Gasteiger partial charge in [0.1, 0.15) is 10.7 Å². The van der Waals surface area contributed by atoms with E-state index in [4.69, 9.17) is 11.6 Å². The second-order valence-electron chi connectivity index (χ2n) is 8.71. The topological polar surface area (TPSA) is 76.9 Å². The second kappa shape index (κ2) is 11.3. The molecule has 1 atom stereocenters. The summed E-state index contributed by atoms with van der Waals surface area (Å²) in [6.45, 7) is 10.2. The summed E-state index contributed by atoms with van der Waals surface area (Å²) < 4.78 is 14.3. The number of hydrogen-bond donors (Lipinski definition) is 1. The number of halogens is 1. The Kier molecular flexibility index (Phi) is 8.65. The van der Waals surface area contributed by atoms with Crippen LogP contribution in [-0.4, -0.2) is 24.5 Å². The lowest BCUT2D eigenvalue weighted by molar-refractivity contribution is 0.451. The van der Waals surface area contributed by atoms with Gasteiger partial charge in [0.05, 0.1) is 10.8 Å². The maximum atomic E-state index is 12.8. The first-order chi connectivity index (χ1) is 15.7. The third kappa shape index (κ3) is 6.01. The van der Waals surface area contributed by atoms with Crippen molar-refractivity contribution in [1.82, 2.24) is 14.5 Å². The summed E-state index contributed by atoms with van der Waals surface area (Å²) in [5.41, 5.74) is 2.06. The number of aryl methyl sites for hydroxylation is 1. The highest BCUT2D eigenvalue weighted by Crippen LogP contribution is 2.24. The largest absolute Gasteiger partial charge is 0.324 e. The van der Waals surface area contributed by atoms with Gasteiger partial charge in [-0.3, -0.25) is 13.6 Å². The molecule has 33 heavy (non-hydrogen) atoms. The van der Waals surface area contributed by atoms with Gasteiger partial charge in [-0.2, -0.15) is 4.98 Å². The number of benzene rings is 1. The van der Waals surface area contributed by atoms with Crippen molar-refractivity contribution in [3.63, 3.8) is 0 Å². The quantitative estimate of drug-likeness (QED) is 0.357. The van der Waals surface area contributed by atoms with E-state index in [0.717, 1.165) is 34.9 Å². The molecule has 1 N–H and O–H groups in total. The van der Waals surface area contributed by atoms with Gasteiger partial charge in [-0.25, -0.2) is 4.98 Å². The zero-order valence-corrected chi connectivity index (χ0v) is 21.6. The van der Waals surface area contributed by atoms with Crippen molar-refractivity contribution in [1.29, 1.82) is 0 Å². The van der Waals surface area contributed by atoms with Crippen LogP contribution in [0.1, 0.15) is 65.0 Å². The predicted octanol–water partition coefficient (Wildman–Crippen LogP) is 6.40. The molecule has 6 nitrogen and oxygen atoms in total. The zero-order valence-electron chi connectivity index (χ0n) is 20.0. The van der Waals surface area contributed by atoms with Gasteiger partial charge < -0.3 is 5.32 Å². The fraction of sp³-hybridized carbons (Fsp3) is 0.480. The standard InChI is InChI=1S/C25H33ClN4O2S/c1-6-18(7-2)9-8-12-33(32)20-10-11-22(17(5)13-20)28-25-27-15-19-14-21(26)24(31)30(16(3)4)23(19)29-25/h10-11,13-16,18H,6-9,12H2,1-5H3,(H,27,28,29). The summed E-state index contributed by atoms with van der Waals surface area (Å²) in [4.78, 5) is 22.3. The molecule has 0 bridgehead atoms. The Labute approximate surface area is 203 Å². The molecule has 0 saturated heterocycles. The lowest BCUT2D eigenvalue weighted by atomic mass is 9.98. The molecule has 0 aliphatic heterocycles. The maximum absolute atomic E-state index is 12.8. The molecule has 178 valence electrons. The molecule has 0 aliphatic rings. The van der Waals surface area contributed by atoms with E-state index in [-0.39, 0.29) is 16.6 Å². The molecule has 3 aromatic rings. The molecule has 0 aliphatic carbocycles. The molecule has 2 heterocycles. The Morgan fingerprint density at radius 1 is 1.18 bits per heavy atom. The van der Waals surface area contributed by atoms with Gasteiger partial charge >= 0.3 is 0 Å². The van der Waals surface area contributed by atoms with Crippen LogP contribution in [0.15, 0.2) is 40.2 Å². The van der Waals surface area contributed by atoms with Crippen LogP contribution in [0.25, 0.3) is 11.0 Å². The minimum Gasteiger partial charge on any atom is -0.324 e. The molecule has 0 radical (unpaired) electrons. The highest BCUT2D eigenvalue weighted by molar-refractivity contribution is 7.85. The van der Waals surface area contributed by atoms with E-state index >= 15 is 0 Å². The summed E-state index contributed by atoms with van der Waals surface area (Å²) in [6.07, 6.45) is 6.13. The van der Waals surface area contributed by atoms with Gasteiger partial charge in [-0.05, 0) is 69.4 Å². The molecule has 1 aromatic carbocycles. The fourth-order valence-corrected chi connectivity index (χ4v) is 5.38. The number of anilines is 2. The summed E-state index contributed by atoms with van der Waals surface area (Å²) in [7, 11) is -1.01. The van der Waals surface area contributed by atoms with Crippen LogP contribution in [0.2, 0.25) is 5.02 Å². The van der Waals surface area contributed by atoms with Crippen LogP contribution in [0.4, 0.5) is 11.6 Å². The molecule has 0 spiro atoms. The molecular weight excluding hydrogens is 456 g/mol. The van der Waals surface area contributed by atoms with E-state index in [1.807, 2.05) is 39.0 Å². The number of fused-ring (bicyclic) bond motifs is 1. The maximum Gasteiger partial charge on any atom is 0.271 e. The van der Waals surface area contributed by atoms with E-state index in [2.05, 4.69) is 29.1 Å². The second-order valence-corrected chi connectivity index (χ2v) is 10.7. The van der Waals surface area contributed by atoms with Crippen LogP contribution in [0, 0.1) is 12.8 Å². The highest BCUT2D eigenvalue weighted by Gasteiger charge is 2.14. The Balaban J connectivity index is 1.78. The van der Waals surface area contributed by atoms with Gasteiger partial charge in [-0.1, -0.05) is 38.3 Å². The molecule has 8 heteroatoms. The van der Waals surface area contributed by atoms with Crippen LogP contribution < -0.4 is 10.9 Å². The van der Waals surface area contributed by atoms with E-state index in [0.29, 0.717) is 22.7 Å². The minimum absolute atomic E-state index is 0.0950. The number of nitrogens with zero attached hydrogens (tertiary/aromatic N) is 3. The summed E-state index contributed by atoms with van der Waals surface area (Å²) in [5.74, 6) is 1.80. The first kappa shape index (κ1) is 25.4. The zero-order chi connectivity index (χ0) is 24.1. The minimum atomic E-state index is -1.01. The molecule has 0 fully saturated rings. The lowest BCUT2D eigenvalue weighted by Gasteiger charge is -2.15. The number of hydrogen-bond acceptors (Lipinski definition) is 5. The Bertz CT molecular complexity index is 1200. The van der Waals surface area contributed by atoms with Gasteiger partial charge in [0.2, 0.25) is 5.95 Å². The van der Waals surface area contributed by atoms with E-state index in [1.54, 1.807) is 16.8 Å². The molecule has 0 saturated carbocycles. The van der Waals surface area contributed by atoms with Crippen molar-refractivity contribution in [2.24, 2.45) is 5.92 Å². The molecular formula is C25H33ClN4O2S. The fourth-order valence-electron chi connectivity index (χ4n) is 3.98. The molecule has 1 unspecified atom stereocenters. The van der Waals surface area contributed by atoms with Crippen LogP contribution in [0.5, 0.6) is 0 Å². The predicted molar refractivity (Wildman–Crippen MR) is 138 cm³/mol. The van der Waals surface area contributed by atoms with E-state index in [9.17, 15) is 9.00 Å². The van der Waals surface area contributed by atoms with Crippen molar-refractivity contribution in [2.75, 3.05) is 11.1 Å². The highest BCUT2D eigenvalue weighted by atomic mass is 35.5. The first-order valence-corrected chi connectivity index (χ1v) is 13.3. The third-order valence-corrected chi connectivity index (χ3v) is 7.76. The lowest BCUT2D eigenvalue weighted by Crippen LogP contribution is -2.23. The number of nitrogens with one attached hydrogen (secondary N) is 1. The van der Waals surface area contributed by atoms with E-state index in [1.165, 1.54) is 12.8 Å². The van der Waals surface area contributed by atoms with Crippen molar-refractivity contribution in [2.45, 2.75) is 71.2 Å². The van der Waals surface area contributed by atoms with Gasteiger partial charge in [0, 0.05) is 34.0 Å². The number of rotatable bonds is 10. The number of pyridine rings is 1. The molecule has 3 rings (SSSR count).